The van der Waals surface area contributed by atoms with E-state index in [4.69, 9.17) is 27.9 Å². The SMILES string of the molecule is CC(C)(C)OC(=O)N[C@@H](Cc1ccc(N(CCCl)CCCl)cc1)C(=O)NCCC[N+](C)(C)C.[I-]. The largest absolute Gasteiger partial charge is 1.00 e. The average Bonchev–Trinajstić information content (AvgIpc) is 2.69. The topological polar surface area (TPSA) is 70.7 Å². The molecule has 0 bridgehead atoms. The molecule has 2 N–H and O–H groups in total. The molecule has 0 unspecified atom stereocenters. The van der Waals surface area contributed by atoms with Gasteiger partial charge >= 0.3 is 6.09 Å². The van der Waals surface area contributed by atoms with E-state index in [9.17, 15) is 9.59 Å². The van der Waals surface area contributed by atoms with Gasteiger partial charge in [0.2, 0.25) is 5.91 Å². The number of carbonyl (C=O) groups is 2. The highest BCUT2D eigenvalue weighted by molar-refractivity contribution is 6.18. The molecule has 0 aliphatic heterocycles. The van der Waals surface area contributed by atoms with Gasteiger partial charge in [-0.15, -0.1) is 23.2 Å². The molecular formula is C24H41Cl2IN4O3. The van der Waals surface area contributed by atoms with Crippen molar-refractivity contribution >= 4 is 40.9 Å². The van der Waals surface area contributed by atoms with Crippen molar-refractivity contribution in [2.75, 3.05) is 64.0 Å². The van der Waals surface area contributed by atoms with Crippen molar-refractivity contribution in [3.05, 3.63) is 29.8 Å². The quantitative estimate of drug-likeness (QED) is 0.145. The lowest BCUT2D eigenvalue weighted by molar-refractivity contribution is -0.870. The van der Waals surface area contributed by atoms with E-state index in [2.05, 4.69) is 36.7 Å². The summed E-state index contributed by atoms with van der Waals surface area (Å²) in [6.45, 7) is 8.26. The number of quaternary nitrogens is 1. The maximum absolute atomic E-state index is 12.9. The van der Waals surface area contributed by atoms with Crippen LogP contribution in [0.25, 0.3) is 0 Å². The number of benzene rings is 1. The van der Waals surface area contributed by atoms with Gasteiger partial charge < -0.3 is 48.7 Å². The predicted octanol–water partition coefficient (Wildman–Crippen LogP) is 0.623. The number of halogens is 3. The summed E-state index contributed by atoms with van der Waals surface area (Å²) in [5.74, 6) is 0.793. The fourth-order valence-electron chi connectivity index (χ4n) is 3.20. The van der Waals surface area contributed by atoms with E-state index in [1.165, 1.54) is 0 Å². The molecule has 196 valence electrons. The fourth-order valence-corrected chi connectivity index (χ4v) is 3.61. The van der Waals surface area contributed by atoms with Gasteiger partial charge in [-0.05, 0) is 38.5 Å². The van der Waals surface area contributed by atoms with Crippen molar-refractivity contribution in [1.82, 2.24) is 10.6 Å². The zero-order valence-corrected chi connectivity index (χ0v) is 25.0. The van der Waals surface area contributed by atoms with Crippen LogP contribution in [0.3, 0.4) is 0 Å². The van der Waals surface area contributed by atoms with Crippen LogP contribution in [0.4, 0.5) is 10.5 Å². The Balaban J connectivity index is 0.0000109. The zero-order valence-electron chi connectivity index (χ0n) is 21.3. The van der Waals surface area contributed by atoms with E-state index in [-0.39, 0.29) is 29.9 Å². The maximum Gasteiger partial charge on any atom is 0.408 e. The van der Waals surface area contributed by atoms with Gasteiger partial charge in [-0.3, -0.25) is 4.79 Å². The van der Waals surface area contributed by atoms with Gasteiger partial charge in [-0.25, -0.2) is 4.79 Å². The highest BCUT2D eigenvalue weighted by Gasteiger charge is 2.25. The zero-order chi connectivity index (χ0) is 25.1. The minimum Gasteiger partial charge on any atom is -1.00 e. The highest BCUT2D eigenvalue weighted by Crippen LogP contribution is 2.17. The molecule has 0 radical (unpaired) electrons. The Kier molecular flexibility index (Phi) is 15.5. The summed E-state index contributed by atoms with van der Waals surface area (Å²) in [6, 6.07) is 7.14. The van der Waals surface area contributed by atoms with Gasteiger partial charge in [0, 0.05) is 49.9 Å². The second kappa shape index (κ2) is 15.9. The molecule has 1 rings (SSSR count). The Labute approximate surface area is 232 Å². The molecule has 2 amide bonds. The van der Waals surface area contributed by atoms with Crippen LogP contribution in [0, 0.1) is 0 Å². The van der Waals surface area contributed by atoms with E-state index < -0.39 is 17.7 Å². The summed E-state index contributed by atoms with van der Waals surface area (Å²) >= 11 is 11.8. The third-order valence-corrected chi connectivity index (χ3v) is 5.10. The van der Waals surface area contributed by atoms with E-state index in [1.807, 2.05) is 24.3 Å². The second-order valence-corrected chi connectivity index (χ2v) is 10.8. The Hall–Kier alpha value is -0.970. The van der Waals surface area contributed by atoms with Gasteiger partial charge in [0.15, 0.2) is 0 Å². The van der Waals surface area contributed by atoms with Crippen LogP contribution in [0.5, 0.6) is 0 Å². The molecule has 1 aromatic rings. The number of alkyl halides is 2. The molecule has 0 aliphatic carbocycles. The van der Waals surface area contributed by atoms with Crippen LogP contribution in [0.1, 0.15) is 32.8 Å². The minimum atomic E-state index is -0.739. The van der Waals surface area contributed by atoms with Crippen LogP contribution < -0.4 is 39.5 Å². The first-order valence-electron chi connectivity index (χ1n) is 11.4. The number of hydrogen-bond donors (Lipinski definition) is 2. The van der Waals surface area contributed by atoms with Crippen molar-refractivity contribution < 1.29 is 42.8 Å². The Morgan fingerprint density at radius 1 is 1.06 bits per heavy atom. The van der Waals surface area contributed by atoms with Gasteiger partial charge in [0.05, 0.1) is 27.7 Å². The lowest BCUT2D eigenvalue weighted by Crippen LogP contribution is -3.00. The standard InChI is InChI=1S/C24H40Cl2N4O3.HI/c1-24(2,3)33-23(32)28-21(22(31)27-14-7-17-30(4,5)6)18-19-8-10-20(11-9-19)29(15-12-25)16-13-26;/h8-11,21H,7,12-18H2,1-6H3,(H-,27,28,31,32);1H/t21-;/m0./s1. The van der Waals surface area contributed by atoms with Crippen LogP contribution in [-0.2, 0) is 16.0 Å². The van der Waals surface area contributed by atoms with Crippen LogP contribution in [0.2, 0.25) is 0 Å². The molecule has 0 saturated carbocycles. The lowest BCUT2D eigenvalue weighted by Gasteiger charge is -2.25. The number of nitrogens with one attached hydrogen (secondary N) is 2. The average molecular weight is 631 g/mol. The fraction of sp³-hybridized carbons (Fsp3) is 0.667. The molecule has 0 spiro atoms. The van der Waals surface area contributed by atoms with E-state index in [0.717, 1.165) is 28.7 Å². The number of hydrogen-bond acceptors (Lipinski definition) is 4. The van der Waals surface area contributed by atoms with Crippen molar-refractivity contribution in [1.29, 1.82) is 0 Å². The van der Waals surface area contributed by atoms with Gasteiger partial charge in [-0.1, -0.05) is 12.1 Å². The second-order valence-electron chi connectivity index (χ2n) is 10.1. The Morgan fingerprint density at radius 2 is 1.62 bits per heavy atom. The Morgan fingerprint density at radius 3 is 2.09 bits per heavy atom. The predicted molar refractivity (Wildman–Crippen MR) is 137 cm³/mol. The molecule has 1 aromatic carbocycles. The van der Waals surface area contributed by atoms with Crippen molar-refractivity contribution in [3.8, 4) is 0 Å². The van der Waals surface area contributed by atoms with Crippen molar-refractivity contribution in [2.24, 2.45) is 0 Å². The van der Waals surface area contributed by atoms with E-state index in [1.54, 1.807) is 20.8 Å². The van der Waals surface area contributed by atoms with Crippen LogP contribution in [-0.4, -0.2) is 87.2 Å². The molecule has 0 saturated heterocycles. The lowest BCUT2D eigenvalue weighted by atomic mass is 10.0. The molecule has 0 fully saturated rings. The number of anilines is 1. The van der Waals surface area contributed by atoms with Gasteiger partial charge in [-0.2, -0.15) is 0 Å². The molecule has 34 heavy (non-hydrogen) atoms. The molecule has 7 nitrogen and oxygen atoms in total. The third kappa shape index (κ3) is 14.4. The first-order valence-corrected chi connectivity index (χ1v) is 12.4. The first kappa shape index (κ1) is 33.0. The van der Waals surface area contributed by atoms with E-state index in [0.29, 0.717) is 37.8 Å². The summed E-state index contributed by atoms with van der Waals surface area (Å²) < 4.78 is 6.19. The highest BCUT2D eigenvalue weighted by atomic mass is 127. The molecule has 0 aromatic heterocycles. The molecular weight excluding hydrogens is 590 g/mol. The maximum atomic E-state index is 12.9. The van der Waals surface area contributed by atoms with Gasteiger partial charge in [0.25, 0.3) is 0 Å². The molecule has 0 aliphatic rings. The smallest absolute Gasteiger partial charge is 0.408 e. The summed E-state index contributed by atoms with van der Waals surface area (Å²) in [5.41, 5.74) is 1.30. The summed E-state index contributed by atoms with van der Waals surface area (Å²) in [7, 11) is 6.33. The summed E-state index contributed by atoms with van der Waals surface area (Å²) in [4.78, 5) is 27.4. The number of alkyl carbamates (subject to hydrolysis) is 1. The number of rotatable bonds is 13. The van der Waals surface area contributed by atoms with Crippen molar-refractivity contribution in [2.45, 2.75) is 45.3 Å². The molecule has 1 atom stereocenters. The number of ether oxygens (including phenoxy) is 1. The number of amides is 2. The summed E-state index contributed by atoms with van der Waals surface area (Å²) in [5, 5.41) is 5.68. The monoisotopic (exact) mass is 630 g/mol. The van der Waals surface area contributed by atoms with Gasteiger partial charge in [0.1, 0.15) is 11.6 Å². The van der Waals surface area contributed by atoms with Crippen molar-refractivity contribution in [3.63, 3.8) is 0 Å². The summed E-state index contributed by atoms with van der Waals surface area (Å²) in [6.07, 6.45) is 0.590. The molecule has 0 heterocycles. The Bertz CT molecular complexity index is 731. The number of nitrogens with zero attached hydrogens (tertiary/aromatic N) is 2. The first-order chi connectivity index (χ1) is 15.3. The van der Waals surface area contributed by atoms with Crippen LogP contribution >= 0.6 is 23.2 Å². The molecule has 10 heteroatoms. The van der Waals surface area contributed by atoms with Crippen LogP contribution in [0.15, 0.2) is 24.3 Å². The number of carbonyl (C=O) groups excluding carboxylic acids is 2. The minimum absolute atomic E-state index is 0. The third-order valence-electron chi connectivity index (χ3n) is 4.76. The normalized spacial score (nSPS) is 12.4. The van der Waals surface area contributed by atoms with E-state index >= 15 is 0 Å².